The minimum Gasteiger partial charge on any atom is -0.345 e. The van der Waals surface area contributed by atoms with Crippen molar-refractivity contribution in [1.82, 2.24) is 19.9 Å². The van der Waals surface area contributed by atoms with Gasteiger partial charge in [-0.25, -0.2) is 9.97 Å². The molecule has 2 aromatic heterocycles. The molecule has 0 atom stereocenters. The first-order valence-electron chi connectivity index (χ1n) is 6.02. The summed E-state index contributed by atoms with van der Waals surface area (Å²) in [6, 6.07) is 11.4. The number of nitrogens with zero attached hydrogens (tertiary/aromatic N) is 2. The van der Waals surface area contributed by atoms with Gasteiger partial charge < -0.3 is 9.97 Å². The molecule has 0 fully saturated rings. The Morgan fingerprint density at radius 2 is 1.71 bits per heavy atom. The molecule has 0 radical (unpaired) electrons. The number of benzene rings is 2. The number of hydrogen-bond acceptors (Lipinski definition) is 2. The molecule has 0 aliphatic rings. The van der Waals surface area contributed by atoms with Crippen LogP contribution in [0.2, 0.25) is 10.0 Å². The van der Waals surface area contributed by atoms with E-state index in [9.17, 15) is 0 Å². The average Bonchev–Trinajstić information content (AvgIpc) is 3.05. The van der Waals surface area contributed by atoms with Crippen LogP contribution in [0.1, 0.15) is 0 Å². The highest BCUT2D eigenvalue weighted by molar-refractivity contribution is 9.10. The zero-order chi connectivity index (χ0) is 14.8. The molecule has 0 saturated heterocycles. The van der Waals surface area contributed by atoms with Crippen molar-refractivity contribution >= 4 is 61.2 Å². The van der Waals surface area contributed by atoms with E-state index in [-0.39, 0.29) is 0 Å². The molecule has 7 heteroatoms. The van der Waals surface area contributed by atoms with E-state index < -0.39 is 0 Å². The lowest BCUT2D eigenvalue weighted by atomic mass is 10.3. The van der Waals surface area contributed by atoms with E-state index in [0.29, 0.717) is 14.8 Å². The fraction of sp³-hybridized carbons (Fsp3) is 0. The van der Waals surface area contributed by atoms with Crippen LogP contribution < -0.4 is 0 Å². The fourth-order valence-electron chi connectivity index (χ4n) is 1.85. The lowest BCUT2D eigenvalue weighted by molar-refractivity contribution is 1.27. The Bertz CT molecular complexity index is 831. The number of imidazole rings is 2. The van der Waals surface area contributed by atoms with Crippen LogP contribution in [0.25, 0.3) is 22.1 Å². The number of aromatic nitrogens is 4. The summed E-state index contributed by atoms with van der Waals surface area (Å²) in [6.07, 6.45) is 1.70. The SMILES string of the molecule is Clc1cc2nc(Br)[nH]c2cc1Cl.c1ccc2[nH]cnc2c1. The van der Waals surface area contributed by atoms with Crippen LogP contribution in [-0.2, 0) is 0 Å². The molecule has 0 aliphatic carbocycles. The van der Waals surface area contributed by atoms with E-state index in [0.717, 1.165) is 22.1 Å². The summed E-state index contributed by atoms with van der Waals surface area (Å²) in [6.45, 7) is 0. The number of rotatable bonds is 0. The van der Waals surface area contributed by atoms with Gasteiger partial charge in [0.15, 0.2) is 4.73 Å². The molecule has 0 amide bonds. The van der Waals surface area contributed by atoms with E-state index in [1.165, 1.54) is 0 Å². The molecular formula is C14H9BrCl2N4. The number of halogens is 3. The van der Waals surface area contributed by atoms with Gasteiger partial charge in [0.05, 0.1) is 38.4 Å². The number of fused-ring (bicyclic) bond motifs is 2. The van der Waals surface area contributed by atoms with Crippen molar-refractivity contribution in [3.05, 3.63) is 57.5 Å². The van der Waals surface area contributed by atoms with Gasteiger partial charge in [-0.05, 0) is 40.2 Å². The molecule has 106 valence electrons. The van der Waals surface area contributed by atoms with Gasteiger partial charge in [0.1, 0.15) is 0 Å². The van der Waals surface area contributed by atoms with Gasteiger partial charge in [0.25, 0.3) is 0 Å². The van der Waals surface area contributed by atoms with Gasteiger partial charge in [-0.2, -0.15) is 0 Å². The minimum atomic E-state index is 0.517. The standard InChI is InChI=1S/C7H3BrCl2N2.C7H6N2/c8-7-11-5-1-3(9)4(10)2-6(5)12-7;1-2-4-7-6(3-1)8-5-9-7/h1-2H,(H,11,12);1-5H,(H,8,9). The van der Waals surface area contributed by atoms with Crippen molar-refractivity contribution in [2.24, 2.45) is 0 Å². The molecule has 4 aromatic rings. The number of nitrogens with one attached hydrogen (secondary N) is 2. The molecule has 2 heterocycles. The van der Waals surface area contributed by atoms with Gasteiger partial charge in [-0.15, -0.1) is 0 Å². The second-order valence-electron chi connectivity index (χ2n) is 4.23. The Morgan fingerprint density at radius 1 is 0.952 bits per heavy atom. The maximum Gasteiger partial charge on any atom is 0.175 e. The Hall–Kier alpha value is -1.56. The van der Waals surface area contributed by atoms with E-state index >= 15 is 0 Å². The van der Waals surface area contributed by atoms with Gasteiger partial charge in [0, 0.05) is 0 Å². The highest BCUT2D eigenvalue weighted by atomic mass is 79.9. The second-order valence-corrected chi connectivity index (χ2v) is 5.80. The quantitative estimate of drug-likeness (QED) is 0.438. The Labute approximate surface area is 138 Å². The van der Waals surface area contributed by atoms with Crippen LogP contribution in [0.4, 0.5) is 0 Å². The fourth-order valence-corrected chi connectivity index (χ4v) is 2.58. The third kappa shape index (κ3) is 3.20. The van der Waals surface area contributed by atoms with Crippen molar-refractivity contribution in [2.45, 2.75) is 0 Å². The number of aromatic amines is 2. The summed E-state index contributed by atoms with van der Waals surface area (Å²) in [4.78, 5) is 14.2. The molecule has 0 aliphatic heterocycles. The van der Waals surface area contributed by atoms with Crippen molar-refractivity contribution in [2.75, 3.05) is 0 Å². The summed E-state index contributed by atoms with van der Waals surface area (Å²) < 4.78 is 0.677. The lowest BCUT2D eigenvalue weighted by Gasteiger charge is -1.93. The zero-order valence-corrected chi connectivity index (χ0v) is 13.7. The summed E-state index contributed by atoms with van der Waals surface area (Å²) in [7, 11) is 0. The van der Waals surface area contributed by atoms with Crippen LogP contribution >= 0.6 is 39.1 Å². The van der Waals surface area contributed by atoms with E-state index in [2.05, 4.69) is 35.9 Å². The molecule has 21 heavy (non-hydrogen) atoms. The smallest absolute Gasteiger partial charge is 0.175 e. The Kier molecular flexibility index (Phi) is 4.14. The van der Waals surface area contributed by atoms with Crippen LogP contribution in [0, 0.1) is 0 Å². The van der Waals surface area contributed by atoms with Crippen molar-refractivity contribution in [3.8, 4) is 0 Å². The molecule has 4 rings (SSSR count). The highest BCUT2D eigenvalue weighted by Crippen LogP contribution is 2.27. The maximum absolute atomic E-state index is 5.80. The molecule has 0 unspecified atom stereocenters. The summed E-state index contributed by atoms with van der Waals surface area (Å²) in [5.41, 5.74) is 3.79. The molecule has 0 saturated carbocycles. The molecule has 2 N–H and O–H groups in total. The summed E-state index contributed by atoms with van der Waals surface area (Å²) in [5.74, 6) is 0. The van der Waals surface area contributed by atoms with Gasteiger partial charge in [0.2, 0.25) is 0 Å². The van der Waals surface area contributed by atoms with E-state index in [4.69, 9.17) is 23.2 Å². The van der Waals surface area contributed by atoms with Crippen LogP contribution in [0.5, 0.6) is 0 Å². The lowest BCUT2D eigenvalue weighted by Crippen LogP contribution is -1.71. The minimum absolute atomic E-state index is 0.517. The first-order valence-corrected chi connectivity index (χ1v) is 7.57. The predicted octanol–water partition coefficient (Wildman–Crippen LogP) is 5.20. The van der Waals surface area contributed by atoms with Crippen LogP contribution in [-0.4, -0.2) is 19.9 Å². The highest BCUT2D eigenvalue weighted by Gasteiger charge is 2.04. The van der Waals surface area contributed by atoms with Crippen LogP contribution in [0.15, 0.2) is 47.5 Å². The summed E-state index contributed by atoms with van der Waals surface area (Å²) in [5, 5.41) is 1.04. The predicted molar refractivity (Wildman–Crippen MR) is 89.9 cm³/mol. The first-order chi connectivity index (χ1) is 10.1. The number of para-hydroxylation sites is 2. The third-order valence-corrected chi connectivity index (χ3v) is 3.92. The largest absolute Gasteiger partial charge is 0.345 e. The molecule has 0 bridgehead atoms. The molecule has 2 aromatic carbocycles. The molecule has 4 nitrogen and oxygen atoms in total. The van der Waals surface area contributed by atoms with Crippen LogP contribution in [0.3, 0.4) is 0 Å². The van der Waals surface area contributed by atoms with Crippen molar-refractivity contribution in [3.63, 3.8) is 0 Å². The monoisotopic (exact) mass is 382 g/mol. The Balaban J connectivity index is 0.000000131. The maximum atomic E-state index is 5.80. The van der Waals surface area contributed by atoms with Crippen molar-refractivity contribution in [1.29, 1.82) is 0 Å². The van der Waals surface area contributed by atoms with Gasteiger partial charge in [-0.3, -0.25) is 0 Å². The third-order valence-electron chi connectivity index (χ3n) is 2.82. The van der Waals surface area contributed by atoms with E-state index in [1.807, 2.05) is 24.3 Å². The Morgan fingerprint density at radius 3 is 2.52 bits per heavy atom. The average molecular weight is 384 g/mol. The van der Waals surface area contributed by atoms with Gasteiger partial charge >= 0.3 is 0 Å². The number of hydrogen-bond donors (Lipinski definition) is 2. The molecule has 0 spiro atoms. The zero-order valence-electron chi connectivity index (χ0n) is 10.6. The second kappa shape index (κ2) is 6.05. The van der Waals surface area contributed by atoms with Gasteiger partial charge in [-0.1, -0.05) is 35.3 Å². The van der Waals surface area contributed by atoms with Crippen molar-refractivity contribution < 1.29 is 0 Å². The first kappa shape index (κ1) is 14.4. The topological polar surface area (TPSA) is 57.4 Å². The number of H-pyrrole nitrogens is 2. The molecular weight excluding hydrogens is 375 g/mol. The van der Waals surface area contributed by atoms with E-state index in [1.54, 1.807) is 18.5 Å². The normalized spacial score (nSPS) is 10.6. The summed E-state index contributed by atoms with van der Waals surface area (Å²) >= 11 is 14.8.